The van der Waals surface area contributed by atoms with E-state index in [4.69, 9.17) is 5.73 Å². The molecule has 0 saturated carbocycles. The molecule has 6 heteroatoms. The van der Waals surface area contributed by atoms with Crippen molar-refractivity contribution in [3.8, 4) is 0 Å². The largest absolute Gasteiger partial charge is 0.355 e. The van der Waals surface area contributed by atoms with Crippen LogP contribution in [0.2, 0.25) is 0 Å². The predicted molar refractivity (Wildman–Crippen MR) is 69.9 cm³/mol. The SMILES string of the molecule is NC(=O)N1CCCN(c2ccc(Br)cn2)CC1. The van der Waals surface area contributed by atoms with Crippen molar-refractivity contribution >= 4 is 27.8 Å². The molecule has 1 aliphatic rings. The number of halogens is 1. The highest BCUT2D eigenvalue weighted by molar-refractivity contribution is 9.10. The van der Waals surface area contributed by atoms with Crippen molar-refractivity contribution in [2.75, 3.05) is 31.1 Å². The Hall–Kier alpha value is -1.30. The molecule has 1 aliphatic heterocycles. The number of carbonyl (C=O) groups excluding carboxylic acids is 1. The van der Waals surface area contributed by atoms with Gasteiger partial charge in [-0.05, 0) is 34.5 Å². The first-order valence-electron chi connectivity index (χ1n) is 5.58. The maximum Gasteiger partial charge on any atom is 0.314 e. The summed E-state index contributed by atoms with van der Waals surface area (Å²) in [6, 6.07) is 3.61. The van der Waals surface area contributed by atoms with Crippen molar-refractivity contribution in [2.24, 2.45) is 5.73 Å². The van der Waals surface area contributed by atoms with Gasteiger partial charge in [0.15, 0.2) is 0 Å². The number of amides is 2. The number of nitrogens with two attached hydrogens (primary N) is 1. The van der Waals surface area contributed by atoms with Gasteiger partial charge in [-0.25, -0.2) is 9.78 Å². The van der Waals surface area contributed by atoms with Crippen LogP contribution >= 0.6 is 15.9 Å². The Bertz CT molecular complexity index is 395. The Morgan fingerprint density at radius 3 is 2.76 bits per heavy atom. The van der Waals surface area contributed by atoms with Crippen LogP contribution in [0.3, 0.4) is 0 Å². The second-order valence-corrected chi connectivity index (χ2v) is 4.92. The summed E-state index contributed by atoms with van der Waals surface area (Å²) in [5.41, 5.74) is 5.29. The standard InChI is InChI=1S/C11H15BrN4O/c12-9-2-3-10(14-8-9)15-4-1-5-16(7-6-15)11(13)17/h2-3,8H,1,4-7H2,(H2,13,17). The van der Waals surface area contributed by atoms with Crippen LogP contribution in [0, 0.1) is 0 Å². The second kappa shape index (κ2) is 5.35. The topological polar surface area (TPSA) is 62.5 Å². The number of urea groups is 1. The summed E-state index contributed by atoms with van der Waals surface area (Å²) >= 11 is 3.36. The maximum atomic E-state index is 11.1. The summed E-state index contributed by atoms with van der Waals surface area (Å²) in [5.74, 6) is 0.944. The van der Waals surface area contributed by atoms with Crippen molar-refractivity contribution in [3.63, 3.8) is 0 Å². The molecule has 0 aromatic carbocycles. The van der Waals surface area contributed by atoms with E-state index >= 15 is 0 Å². The van der Waals surface area contributed by atoms with Crippen molar-refractivity contribution < 1.29 is 4.79 Å². The molecule has 0 radical (unpaired) electrons. The van der Waals surface area contributed by atoms with Crippen LogP contribution < -0.4 is 10.6 Å². The summed E-state index contributed by atoms with van der Waals surface area (Å²) in [5, 5.41) is 0. The van der Waals surface area contributed by atoms with Gasteiger partial charge in [-0.2, -0.15) is 0 Å². The number of hydrogen-bond donors (Lipinski definition) is 1. The molecule has 0 atom stereocenters. The molecule has 1 fully saturated rings. The zero-order valence-electron chi connectivity index (χ0n) is 9.47. The molecular formula is C11H15BrN4O. The van der Waals surface area contributed by atoms with Crippen molar-refractivity contribution in [2.45, 2.75) is 6.42 Å². The molecule has 1 saturated heterocycles. The van der Waals surface area contributed by atoms with Gasteiger partial charge in [-0.1, -0.05) is 0 Å². The number of hydrogen-bond acceptors (Lipinski definition) is 3. The smallest absolute Gasteiger partial charge is 0.314 e. The fourth-order valence-corrected chi connectivity index (χ4v) is 2.16. The molecule has 17 heavy (non-hydrogen) atoms. The van der Waals surface area contributed by atoms with E-state index in [0.29, 0.717) is 6.54 Å². The first kappa shape index (κ1) is 12.2. The number of primary amides is 1. The van der Waals surface area contributed by atoms with E-state index in [9.17, 15) is 4.79 Å². The zero-order chi connectivity index (χ0) is 12.3. The third-order valence-electron chi connectivity index (χ3n) is 2.84. The molecule has 92 valence electrons. The van der Waals surface area contributed by atoms with E-state index in [1.54, 1.807) is 11.1 Å². The average Bonchev–Trinajstić information content (AvgIpc) is 2.55. The quantitative estimate of drug-likeness (QED) is 0.853. The summed E-state index contributed by atoms with van der Waals surface area (Å²) < 4.78 is 0.967. The van der Waals surface area contributed by atoms with Gasteiger partial charge in [0.1, 0.15) is 5.82 Å². The molecule has 0 aliphatic carbocycles. The lowest BCUT2D eigenvalue weighted by molar-refractivity contribution is 0.211. The highest BCUT2D eigenvalue weighted by atomic mass is 79.9. The van der Waals surface area contributed by atoms with E-state index < -0.39 is 0 Å². The van der Waals surface area contributed by atoms with Gasteiger partial charge in [0.25, 0.3) is 0 Å². The molecule has 1 aromatic heterocycles. The number of rotatable bonds is 1. The number of anilines is 1. The molecular weight excluding hydrogens is 284 g/mol. The first-order chi connectivity index (χ1) is 8.16. The fraction of sp³-hybridized carbons (Fsp3) is 0.455. The molecule has 2 amide bonds. The lowest BCUT2D eigenvalue weighted by Gasteiger charge is -2.21. The highest BCUT2D eigenvalue weighted by Crippen LogP contribution is 2.16. The molecule has 0 bridgehead atoms. The molecule has 0 unspecified atom stereocenters. The second-order valence-electron chi connectivity index (χ2n) is 4.00. The Morgan fingerprint density at radius 1 is 1.29 bits per heavy atom. The van der Waals surface area contributed by atoms with Gasteiger partial charge in [-0.3, -0.25) is 0 Å². The summed E-state index contributed by atoms with van der Waals surface area (Å²) in [6.45, 7) is 3.06. The van der Waals surface area contributed by atoms with Crippen LogP contribution in [-0.2, 0) is 0 Å². The molecule has 1 aromatic rings. The number of nitrogens with zero attached hydrogens (tertiary/aromatic N) is 3. The Labute approximate surface area is 109 Å². The Balaban J connectivity index is 2.03. The minimum absolute atomic E-state index is 0.337. The normalized spacial score (nSPS) is 16.8. The van der Waals surface area contributed by atoms with Crippen molar-refractivity contribution in [1.29, 1.82) is 0 Å². The van der Waals surface area contributed by atoms with E-state index in [1.165, 1.54) is 0 Å². The van der Waals surface area contributed by atoms with Crippen LogP contribution in [0.5, 0.6) is 0 Å². The van der Waals surface area contributed by atoms with Crippen LogP contribution in [0.25, 0.3) is 0 Å². The number of aromatic nitrogens is 1. The Morgan fingerprint density at radius 2 is 2.12 bits per heavy atom. The van der Waals surface area contributed by atoms with Crippen molar-refractivity contribution in [1.82, 2.24) is 9.88 Å². The summed E-state index contributed by atoms with van der Waals surface area (Å²) in [6.07, 6.45) is 2.70. The third kappa shape index (κ3) is 3.09. The molecule has 2 rings (SSSR count). The minimum atomic E-state index is -0.337. The predicted octanol–water partition coefficient (Wildman–Crippen LogP) is 1.43. The van der Waals surface area contributed by atoms with Crippen LogP contribution in [0.15, 0.2) is 22.8 Å². The van der Waals surface area contributed by atoms with Gasteiger partial charge in [-0.15, -0.1) is 0 Å². The molecule has 2 heterocycles. The average molecular weight is 299 g/mol. The maximum absolute atomic E-state index is 11.1. The van der Waals surface area contributed by atoms with Gasteiger partial charge in [0, 0.05) is 36.8 Å². The fourth-order valence-electron chi connectivity index (χ4n) is 1.92. The molecule has 5 nitrogen and oxygen atoms in total. The van der Waals surface area contributed by atoms with Gasteiger partial charge < -0.3 is 15.5 Å². The summed E-state index contributed by atoms with van der Waals surface area (Å²) in [4.78, 5) is 19.3. The van der Waals surface area contributed by atoms with E-state index in [1.807, 2.05) is 12.1 Å². The van der Waals surface area contributed by atoms with E-state index in [0.717, 1.165) is 36.3 Å². The van der Waals surface area contributed by atoms with Crippen LogP contribution in [-0.4, -0.2) is 42.1 Å². The lowest BCUT2D eigenvalue weighted by atomic mass is 10.3. The first-order valence-corrected chi connectivity index (χ1v) is 6.37. The lowest BCUT2D eigenvalue weighted by Crippen LogP contribution is -2.38. The summed E-state index contributed by atoms with van der Waals surface area (Å²) in [7, 11) is 0. The van der Waals surface area contributed by atoms with Gasteiger partial charge in [0.05, 0.1) is 0 Å². The molecule has 0 spiro atoms. The number of carbonyl (C=O) groups is 1. The van der Waals surface area contributed by atoms with Crippen LogP contribution in [0.1, 0.15) is 6.42 Å². The highest BCUT2D eigenvalue weighted by Gasteiger charge is 2.17. The third-order valence-corrected chi connectivity index (χ3v) is 3.31. The monoisotopic (exact) mass is 298 g/mol. The zero-order valence-corrected chi connectivity index (χ0v) is 11.1. The van der Waals surface area contributed by atoms with E-state index in [2.05, 4.69) is 25.8 Å². The van der Waals surface area contributed by atoms with Crippen LogP contribution in [0.4, 0.5) is 10.6 Å². The Kier molecular flexibility index (Phi) is 3.83. The number of pyridine rings is 1. The minimum Gasteiger partial charge on any atom is -0.355 e. The van der Waals surface area contributed by atoms with Gasteiger partial charge >= 0.3 is 6.03 Å². The van der Waals surface area contributed by atoms with Gasteiger partial charge in [0.2, 0.25) is 0 Å². The molecule has 2 N–H and O–H groups in total. The van der Waals surface area contributed by atoms with Crippen molar-refractivity contribution in [3.05, 3.63) is 22.8 Å². The van der Waals surface area contributed by atoms with E-state index in [-0.39, 0.29) is 6.03 Å².